The van der Waals surface area contributed by atoms with Gasteiger partial charge in [0.05, 0.1) is 13.2 Å². The van der Waals surface area contributed by atoms with Gasteiger partial charge in [-0.05, 0) is 6.42 Å². The summed E-state index contributed by atoms with van der Waals surface area (Å²) < 4.78 is 11.2. The summed E-state index contributed by atoms with van der Waals surface area (Å²) in [5.41, 5.74) is 7.35. The van der Waals surface area contributed by atoms with Crippen LogP contribution < -0.4 is 5.73 Å². The number of amides is 1. The van der Waals surface area contributed by atoms with Crippen LogP contribution in [0.25, 0.3) is 11.3 Å². The summed E-state index contributed by atoms with van der Waals surface area (Å²) in [4.78, 5) is 11.4. The molecule has 0 radical (unpaired) electrons. The molecule has 3 N–H and O–H groups in total. The molecule has 2 aromatic rings. The minimum atomic E-state index is -0.631. The molecule has 20 heavy (non-hydrogen) atoms. The molecule has 7 nitrogen and oxygen atoms in total. The Labute approximate surface area is 115 Å². The van der Waals surface area contributed by atoms with E-state index in [9.17, 15) is 4.79 Å². The van der Waals surface area contributed by atoms with Crippen LogP contribution in [0, 0.1) is 0 Å². The molecule has 0 saturated carbocycles. The highest BCUT2D eigenvalue weighted by Crippen LogP contribution is 2.32. The number of rotatable bonds is 3. The number of aromatic nitrogens is 3. The van der Waals surface area contributed by atoms with Gasteiger partial charge in [0.2, 0.25) is 0 Å². The predicted octanol–water partition coefficient (Wildman–Crippen LogP) is 1.01. The molecule has 1 aliphatic heterocycles. The summed E-state index contributed by atoms with van der Waals surface area (Å²) in [5.74, 6) is -0.631. The molecule has 1 aromatic heterocycles. The maximum Gasteiger partial charge on any atom is 0.271 e. The van der Waals surface area contributed by atoms with Gasteiger partial charge in [-0.1, -0.05) is 24.3 Å². The molecule has 2 heterocycles. The van der Waals surface area contributed by atoms with Gasteiger partial charge in [0.25, 0.3) is 5.91 Å². The number of nitrogens with one attached hydrogen (secondary N) is 1. The van der Waals surface area contributed by atoms with E-state index < -0.39 is 12.2 Å². The maximum absolute atomic E-state index is 11.4. The van der Waals surface area contributed by atoms with Gasteiger partial charge in [-0.3, -0.25) is 4.79 Å². The van der Waals surface area contributed by atoms with Crippen molar-refractivity contribution in [1.29, 1.82) is 0 Å². The SMILES string of the molecule is NC(=O)c1n[nH]nc1-c1ccccc1C1OCCCO1. The van der Waals surface area contributed by atoms with Gasteiger partial charge in [-0.15, -0.1) is 0 Å². The second-order valence-electron chi connectivity index (χ2n) is 4.40. The maximum atomic E-state index is 11.4. The van der Waals surface area contributed by atoms with Crippen molar-refractivity contribution in [3.05, 3.63) is 35.5 Å². The molecular formula is C13H14N4O3. The number of hydrogen-bond donors (Lipinski definition) is 2. The summed E-state index contributed by atoms with van der Waals surface area (Å²) >= 11 is 0. The highest BCUT2D eigenvalue weighted by atomic mass is 16.7. The first-order valence-electron chi connectivity index (χ1n) is 6.30. The lowest BCUT2D eigenvalue weighted by molar-refractivity contribution is -0.182. The van der Waals surface area contributed by atoms with E-state index in [1.165, 1.54) is 0 Å². The number of nitrogens with two attached hydrogens (primary N) is 1. The highest BCUT2D eigenvalue weighted by Gasteiger charge is 2.24. The van der Waals surface area contributed by atoms with Crippen molar-refractivity contribution in [2.45, 2.75) is 12.7 Å². The number of carbonyl (C=O) groups excluding carboxylic acids is 1. The summed E-state index contributed by atoms with van der Waals surface area (Å²) in [6.07, 6.45) is 0.409. The van der Waals surface area contributed by atoms with Crippen LogP contribution in [0.2, 0.25) is 0 Å². The van der Waals surface area contributed by atoms with Crippen LogP contribution >= 0.6 is 0 Å². The van der Waals surface area contributed by atoms with Crippen LogP contribution in [-0.2, 0) is 9.47 Å². The fourth-order valence-electron chi connectivity index (χ4n) is 2.18. The van der Waals surface area contributed by atoms with Gasteiger partial charge in [0.1, 0.15) is 5.69 Å². The van der Waals surface area contributed by atoms with E-state index in [0.717, 1.165) is 17.5 Å². The van der Waals surface area contributed by atoms with Crippen LogP contribution in [0.4, 0.5) is 0 Å². The van der Waals surface area contributed by atoms with Crippen molar-refractivity contribution in [1.82, 2.24) is 15.4 Å². The van der Waals surface area contributed by atoms with E-state index in [-0.39, 0.29) is 5.69 Å². The van der Waals surface area contributed by atoms with E-state index in [1.54, 1.807) is 0 Å². The molecular weight excluding hydrogens is 260 g/mol. The third kappa shape index (κ3) is 2.28. The van der Waals surface area contributed by atoms with Crippen molar-refractivity contribution in [2.75, 3.05) is 13.2 Å². The number of H-pyrrole nitrogens is 1. The van der Waals surface area contributed by atoms with Crippen molar-refractivity contribution in [3.8, 4) is 11.3 Å². The summed E-state index contributed by atoms with van der Waals surface area (Å²) in [6, 6.07) is 7.44. The minimum Gasteiger partial charge on any atom is -0.364 e. The first-order chi connectivity index (χ1) is 9.77. The van der Waals surface area contributed by atoms with Gasteiger partial charge in [-0.25, -0.2) is 0 Å². The van der Waals surface area contributed by atoms with Crippen LogP contribution in [0.15, 0.2) is 24.3 Å². The van der Waals surface area contributed by atoms with E-state index in [4.69, 9.17) is 15.2 Å². The first kappa shape index (κ1) is 12.8. The molecule has 104 valence electrons. The fraction of sp³-hybridized carbons (Fsp3) is 0.308. The predicted molar refractivity (Wildman–Crippen MR) is 69.6 cm³/mol. The third-order valence-electron chi connectivity index (χ3n) is 3.08. The number of aromatic amines is 1. The minimum absolute atomic E-state index is 0.105. The summed E-state index contributed by atoms with van der Waals surface area (Å²) in [5, 5.41) is 10.2. The average Bonchev–Trinajstić information content (AvgIpc) is 2.98. The van der Waals surface area contributed by atoms with Crippen LogP contribution in [0.3, 0.4) is 0 Å². The second kappa shape index (κ2) is 5.40. The molecule has 0 bridgehead atoms. The normalized spacial score (nSPS) is 16.2. The number of ether oxygens (including phenoxy) is 2. The van der Waals surface area contributed by atoms with Gasteiger partial charge >= 0.3 is 0 Å². The number of benzene rings is 1. The zero-order chi connectivity index (χ0) is 13.9. The quantitative estimate of drug-likeness (QED) is 0.869. The summed E-state index contributed by atoms with van der Waals surface area (Å²) in [6.45, 7) is 1.28. The van der Waals surface area contributed by atoms with Gasteiger partial charge < -0.3 is 15.2 Å². The molecule has 1 aromatic carbocycles. The highest BCUT2D eigenvalue weighted by molar-refractivity contribution is 5.97. The molecule has 1 amide bonds. The van der Waals surface area contributed by atoms with Crippen molar-refractivity contribution in [3.63, 3.8) is 0 Å². The zero-order valence-electron chi connectivity index (χ0n) is 10.7. The Hall–Kier alpha value is -2.25. The van der Waals surface area contributed by atoms with Gasteiger partial charge in [0.15, 0.2) is 12.0 Å². The van der Waals surface area contributed by atoms with Crippen LogP contribution in [0.5, 0.6) is 0 Å². The molecule has 7 heteroatoms. The smallest absolute Gasteiger partial charge is 0.271 e. The van der Waals surface area contributed by atoms with E-state index in [2.05, 4.69) is 15.4 Å². The van der Waals surface area contributed by atoms with Crippen molar-refractivity contribution in [2.24, 2.45) is 5.73 Å². The standard InChI is InChI=1S/C13H14N4O3/c14-12(18)11-10(15-17-16-11)8-4-1-2-5-9(8)13-19-6-3-7-20-13/h1-2,4-5,13H,3,6-7H2,(H2,14,18)(H,15,16,17). The topological polar surface area (TPSA) is 103 Å². The van der Waals surface area contributed by atoms with Crippen LogP contribution in [0.1, 0.15) is 28.8 Å². The monoisotopic (exact) mass is 274 g/mol. The lowest BCUT2D eigenvalue weighted by Gasteiger charge is -2.25. The lowest BCUT2D eigenvalue weighted by atomic mass is 10.0. The number of primary amides is 1. The Balaban J connectivity index is 2.05. The van der Waals surface area contributed by atoms with Gasteiger partial charge in [-0.2, -0.15) is 15.4 Å². The lowest BCUT2D eigenvalue weighted by Crippen LogP contribution is -2.19. The number of carbonyl (C=O) groups is 1. The number of hydrogen-bond acceptors (Lipinski definition) is 5. The first-order valence-corrected chi connectivity index (χ1v) is 6.30. The molecule has 0 spiro atoms. The average molecular weight is 274 g/mol. The molecule has 0 unspecified atom stereocenters. The van der Waals surface area contributed by atoms with E-state index in [1.807, 2.05) is 24.3 Å². The van der Waals surface area contributed by atoms with E-state index in [0.29, 0.717) is 18.9 Å². The Morgan fingerprint density at radius 3 is 2.75 bits per heavy atom. The second-order valence-corrected chi connectivity index (χ2v) is 4.40. The zero-order valence-corrected chi connectivity index (χ0v) is 10.7. The van der Waals surface area contributed by atoms with Gasteiger partial charge in [0, 0.05) is 11.1 Å². The molecule has 0 atom stereocenters. The summed E-state index contributed by atoms with van der Waals surface area (Å²) in [7, 11) is 0. The number of nitrogens with zero attached hydrogens (tertiary/aromatic N) is 2. The molecule has 1 saturated heterocycles. The molecule has 1 fully saturated rings. The Morgan fingerprint density at radius 1 is 1.25 bits per heavy atom. The Morgan fingerprint density at radius 2 is 2.00 bits per heavy atom. The Bertz CT molecular complexity index is 620. The third-order valence-corrected chi connectivity index (χ3v) is 3.08. The molecule has 0 aliphatic carbocycles. The largest absolute Gasteiger partial charge is 0.364 e. The fourth-order valence-corrected chi connectivity index (χ4v) is 2.18. The van der Waals surface area contributed by atoms with Crippen molar-refractivity contribution < 1.29 is 14.3 Å². The van der Waals surface area contributed by atoms with Crippen LogP contribution in [-0.4, -0.2) is 34.5 Å². The Kier molecular flexibility index (Phi) is 3.44. The van der Waals surface area contributed by atoms with Crippen molar-refractivity contribution >= 4 is 5.91 Å². The molecule has 1 aliphatic rings. The van der Waals surface area contributed by atoms with E-state index >= 15 is 0 Å². The molecule has 3 rings (SSSR count).